The molecule has 1 fully saturated rings. The number of likely N-dealkylation sites (tertiary alicyclic amines) is 1. The summed E-state index contributed by atoms with van der Waals surface area (Å²) in [5.74, 6) is 0.830. The van der Waals surface area contributed by atoms with Crippen LogP contribution in [0.1, 0.15) is 59.3 Å². The zero-order valence-electron chi connectivity index (χ0n) is 15.0. The molecule has 1 heterocycles. The summed E-state index contributed by atoms with van der Waals surface area (Å²) < 4.78 is 0. The van der Waals surface area contributed by atoms with Crippen molar-refractivity contribution in [2.24, 2.45) is 5.92 Å². The van der Waals surface area contributed by atoms with E-state index in [1.807, 2.05) is 6.08 Å². The van der Waals surface area contributed by atoms with E-state index in [-0.39, 0.29) is 0 Å². The quantitative estimate of drug-likeness (QED) is 0.378. The molecule has 0 unspecified atom stereocenters. The predicted octanol–water partition coefficient (Wildman–Crippen LogP) is 5.91. The van der Waals surface area contributed by atoms with Gasteiger partial charge in [-0.05, 0) is 63.6 Å². The van der Waals surface area contributed by atoms with E-state index in [2.05, 4.69) is 56.6 Å². The smallest absolute Gasteiger partial charge is 0.0233 e. The van der Waals surface area contributed by atoms with Gasteiger partial charge < -0.3 is 0 Å². The molecule has 1 aliphatic heterocycles. The highest BCUT2D eigenvalue weighted by molar-refractivity contribution is 5.24. The highest BCUT2D eigenvalue weighted by Gasteiger charge is 2.21. The molecule has 1 heteroatoms. The molecular formula is C21H35N. The Morgan fingerprint density at radius 3 is 2.50 bits per heavy atom. The van der Waals surface area contributed by atoms with Crippen LogP contribution in [0.5, 0.6) is 0 Å². The highest BCUT2D eigenvalue weighted by atomic mass is 15.1. The van der Waals surface area contributed by atoms with Gasteiger partial charge in [0.2, 0.25) is 0 Å². The summed E-state index contributed by atoms with van der Waals surface area (Å²) >= 11 is 0. The molecule has 1 rings (SSSR count). The number of allylic oxidation sites excluding steroid dienone is 5. The minimum atomic E-state index is 0.830. The molecule has 0 bridgehead atoms. The van der Waals surface area contributed by atoms with Gasteiger partial charge in [-0.2, -0.15) is 0 Å². The average Bonchev–Trinajstić information content (AvgIpc) is 2.53. The highest BCUT2D eigenvalue weighted by Crippen LogP contribution is 2.28. The van der Waals surface area contributed by atoms with Gasteiger partial charge in [0.25, 0.3) is 0 Å². The third-order valence-electron chi connectivity index (χ3n) is 4.52. The molecular weight excluding hydrogens is 266 g/mol. The fraction of sp³-hybridized carbons (Fsp3) is 0.619. The van der Waals surface area contributed by atoms with Crippen LogP contribution in [0.4, 0.5) is 0 Å². The van der Waals surface area contributed by atoms with Gasteiger partial charge in [-0.3, -0.25) is 4.90 Å². The average molecular weight is 302 g/mol. The maximum Gasteiger partial charge on any atom is 0.0233 e. The van der Waals surface area contributed by atoms with Crippen LogP contribution in [0.15, 0.2) is 48.1 Å². The largest absolute Gasteiger partial charge is 0.299 e. The predicted molar refractivity (Wildman–Crippen MR) is 100 cm³/mol. The van der Waals surface area contributed by atoms with E-state index >= 15 is 0 Å². The van der Waals surface area contributed by atoms with Gasteiger partial charge in [-0.15, -0.1) is 0 Å². The van der Waals surface area contributed by atoms with Crippen LogP contribution in [0.25, 0.3) is 0 Å². The maximum absolute atomic E-state index is 3.82. The summed E-state index contributed by atoms with van der Waals surface area (Å²) in [7, 11) is 0. The van der Waals surface area contributed by atoms with Gasteiger partial charge in [-0.1, -0.05) is 62.8 Å². The Hall–Kier alpha value is -1.08. The second-order valence-corrected chi connectivity index (χ2v) is 6.32. The summed E-state index contributed by atoms with van der Waals surface area (Å²) in [5.41, 5.74) is 3.10. The fourth-order valence-electron chi connectivity index (χ4n) is 3.36. The zero-order chi connectivity index (χ0) is 16.2. The number of hydrogen-bond acceptors (Lipinski definition) is 1. The van der Waals surface area contributed by atoms with E-state index in [4.69, 9.17) is 0 Å². The third kappa shape index (κ3) is 6.79. The van der Waals surface area contributed by atoms with E-state index in [1.165, 1.54) is 57.2 Å². The molecule has 0 atom stereocenters. The zero-order valence-corrected chi connectivity index (χ0v) is 15.0. The molecule has 0 amide bonds. The van der Waals surface area contributed by atoms with Crippen molar-refractivity contribution in [3.8, 4) is 0 Å². The van der Waals surface area contributed by atoms with Crippen molar-refractivity contribution in [2.45, 2.75) is 59.3 Å². The monoisotopic (exact) mass is 301 g/mol. The molecule has 0 aromatic heterocycles. The lowest BCUT2D eigenvalue weighted by Crippen LogP contribution is -2.35. The van der Waals surface area contributed by atoms with Crippen LogP contribution in [-0.2, 0) is 0 Å². The first-order valence-corrected chi connectivity index (χ1v) is 9.10. The summed E-state index contributed by atoms with van der Waals surface area (Å²) in [6.07, 6.45) is 18.7. The van der Waals surface area contributed by atoms with Crippen molar-refractivity contribution in [3.05, 3.63) is 48.1 Å². The first-order chi connectivity index (χ1) is 10.7. The van der Waals surface area contributed by atoms with Crippen LogP contribution < -0.4 is 0 Å². The molecule has 124 valence electrons. The van der Waals surface area contributed by atoms with Gasteiger partial charge >= 0.3 is 0 Å². The standard InChI is InChI=1S/C21H35N/c1-5-9-13-20(12-8-4)21-14-16-22(17-15-21)18-19(10-6-2)11-7-3/h6-7,10-12,21H,2,5,8-9,13-18H2,1,3-4H3/b11-7-,19-10+,20-12?. The number of piperidine rings is 1. The van der Waals surface area contributed by atoms with Crippen LogP contribution >= 0.6 is 0 Å². The lowest BCUT2D eigenvalue weighted by molar-refractivity contribution is 0.212. The first-order valence-electron chi connectivity index (χ1n) is 9.10. The number of unbranched alkanes of at least 4 members (excludes halogenated alkanes) is 1. The Morgan fingerprint density at radius 1 is 1.23 bits per heavy atom. The van der Waals surface area contributed by atoms with E-state index in [0.717, 1.165) is 12.5 Å². The molecule has 1 nitrogen and oxygen atoms in total. The van der Waals surface area contributed by atoms with Gasteiger partial charge in [0.15, 0.2) is 0 Å². The Bertz CT molecular complexity index is 392. The second-order valence-electron chi connectivity index (χ2n) is 6.32. The fourth-order valence-corrected chi connectivity index (χ4v) is 3.36. The number of rotatable bonds is 9. The van der Waals surface area contributed by atoms with Crippen molar-refractivity contribution in [3.63, 3.8) is 0 Å². The summed E-state index contributed by atoms with van der Waals surface area (Å²) in [6, 6.07) is 0. The molecule has 0 radical (unpaired) electrons. The van der Waals surface area contributed by atoms with Crippen LogP contribution in [0, 0.1) is 5.92 Å². The normalized spacial score (nSPS) is 19.0. The molecule has 0 aromatic rings. The van der Waals surface area contributed by atoms with Crippen LogP contribution in [0.3, 0.4) is 0 Å². The van der Waals surface area contributed by atoms with Gasteiger partial charge in [-0.25, -0.2) is 0 Å². The Balaban J connectivity index is 2.52. The van der Waals surface area contributed by atoms with Crippen molar-refractivity contribution < 1.29 is 0 Å². The molecule has 0 aliphatic carbocycles. The van der Waals surface area contributed by atoms with Crippen LogP contribution in [0.2, 0.25) is 0 Å². The molecule has 0 N–H and O–H groups in total. The van der Waals surface area contributed by atoms with Gasteiger partial charge in [0.1, 0.15) is 0 Å². The summed E-state index contributed by atoms with van der Waals surface area (Å²) in [6.45, 7) is 14.0. The number of nitrogens with zero attached hydrogens (tertiary/aromatic N) is 1. The molecule has 1 aliphatic rings. The van der Waals surface area contributed by atoms with Crippen molar-refractivity contribution in [1.29, 1.82) is 0 Å². The second kappa shape index (κ2) is 11.5. The van der Waals surface area contributed by atoms with Gasteiger partial charge in [0, 0.05) is 6.54 Å². The maximum atomic E-state index is 3.82. The Kier molecular flexibility index (Phi) is 9.90. The molecule has 0 saturated carbocycles. The SMILES string of the molecule is C=C/C=C(\C=C/C)CN1CCC(C(=CCC)CCCC)CC1. The summed E-state index contributed by atoms with van der Waals surface area (Å²) in [4.78, 5) is 2.59. The Morgan fingerprint density at radius 2 is 1.95 bits per heavy atom. The third-order valence-corrected chi connectivity index (χ3v) is 4.52. The van der Waals surface area contributed by atoms with Crippen molar-refractivity contribution >= 4 is 0 Å². The summed E-state index contributed by atoms with van der Waals surface area (Å²) in [5, 5.41) is 0. The lowest BCUT2D eigenvalue weighted by Gasteiger charge is -2.33. The minimum Gasteiger partial charge on any atom is -0.299 e. The van der Waals surface area contributed by atoms with E-state index in [1.54, 1.807) is 5.57 Å². The van der Waals surface area contributed by atoms with Crippen molar-refractivity contribution in [2.75, 3.05) is 19.6 Å². The van der Waals surface area contributed by atoms with Crippen molar-refractivity contribution in [1.82, 2.24) is 4.90 Å². The Labute approximate surface area is 138 Å². The molecule has 0 spiro atoms. The first kappa shape index (κ1) is 19.0. The molecule has 1 saturated heterocycles. The van der Waals surface area contributed by atoms with E-state index in [0.29, 0.717) is 0 Å². The minimum absolute atomic E-state index is 0.830. The topological polar surface area (TPSA) is 3.24 Å². The van der Waals surface area contributed by atoms with Gasteiger partial charge in [0.05, 0.1) is 0 Å². The number of hydrogen-bond donors (Lipinski definition) is 0. The van der Waals surface area contributed by atoms with E-state index in [9.17, 15) is 0 Å². The molecule has 0 aromatic carbocycles. The molecule has 22 heavy (non-hydrogen) atoms. The lowest BCUT2D eigenvalue weighted by atomic mass is 9.85. The van der Waals surface area contributed by atoms with Crippen LogP contribution in [-0.4, -0.2) is 24.5 Å². The van der Waals surface area contributed by atoms with E-state index < -0.39 is 0 Å².